The molecular formula is C15H17F2N3O2S. The second kappa shape index (κ2) is 6.37. The zero-order chi connectivity index (χ0) is 16.4. The number of aromatic nitrogens is 2. The van der Waals surface area contributed by atoms with Gasteiger partial charge in [-0.2, -0.15) is 5.10 Å². The predicted molar refractivity (Wildman–Crippen MR) is 80.4 cm³/mol. The molecule has 8 heteroatoms. The third-order valence-corrected chi connectivity index (χ3v) is 5.44. The van der Waals surface area contributed by atoms with Crippen LogP contribution in [0.25, 0.3) is 0 Å². The van der Waals surface area contributed by atoms with Gasteiger partial charge in [0, 0.05) is 18.3 Å². The van der Waals surface area contributed by atoms with Gasteiger partial charge in [-0.05, 0) is 43.4 Å². The molecule has 1 aliphatic carbocycles. The Bertz CT molecular complexity index is 818. The fraction of sp³-hybridized carbons (Fsp3) is 0.400. The molecular weight excluding hydrogens is 324 g/mol. The van der Waals surface area contributed by atoms with Crippen LogP contribution in [0, 0.1) is 11.6 Å². The van der Waals surface area contributed by atoms with Crippen molar-refractivity contribution in [1.82, 2.24) is 14.5 Å². The molecule has 1 N–H and O–H groups in total. The standard InChI is InChI=1S/C15H17F2N3O2S/c16-12-5-6-15(13(17)9-12)23(21,22)19-7-8-20-14-4-2-1-3-11(14)10-18-20/h5-6,9-10,19H,1-4,7-8H2. The molecule has 23 heavy (non-hydrogen) atoms. The highest BCUT2D eigenvalue weighted by atomic mass is 32.2. The van der Waals surface area contributed by atoms with Gasteiger partial charge in [-0.1, -0.05) is 0 Å². The zero-order valence-corrected chi connectivity index (χ0v) is 13.2. The van der Waals surface area contributed by atoms with E-state index in [-0.39, 0.29) is 6.54 Å². The number of nitrogens with zero attached hydrogens (tertiary/aromatic N) is 2. The molecule has 1 aromatic heterocycles. The van der Waals surface area contributed by atoms with Crippen LogP contribution in [0.4, 0.5) is 8.78 Å². The van der Waals surface area contributed by atoms with Crippen LogP contribution in [0.15, 0.2) is 29.3 Å². The molecule has 3 rings (SSSR count). The minimum atomic E-state index is -4.01. The molecule has 5 nitrogen and oxygen atoms in total. The van der Waals surface area contributed by atoms with Crippen molar-refractivity contribution in [1.29, 1.82) is 0 Å². The van der Waals surface area contributed by atoms with Crippen molar-refractivity contribution in [2.75, 3.05) is 6.54 Å². The summed E-state index contributed by atoms with van der Waals surface area (Å²) in [5.74, 6) is -1.92. The minimum Gasteiger partial charge on any atom is -0.268 e. The molecule has 124 valence electrons. The summed E-state index contributed by atoms with van der Waals surface area (Å²) in [4.78, 5) is -0.554. The zero-order valence-electron chi connectivity index (χ0n) is 12.4. The fourth-order valence-corrected chi connectivity index (χ4v) is 3.88. The van der Waals surface area contributed by atoms with E-state index in [0.717, 1.165) is 43.5 Å². The van der Waals surface area contributed by atoms with E-state index in [9.17, 15) is 17.2 Å². The summed E-state index contributed by atoms with van der Waals surface area (Å²) < 4.78 is 54.7. The quantitative estimate of drug-likeness (QED) is 0.905. The molecule has 1 heterocycles. The number of benzene rings is 1. The highest BCUT2D eigenvalue weighted by Gasteiger charge is 2.20. The third-order valence-electron chi connectivity index (χ3n) is 3.94. The lowest BCUT2D eigenvalue weighted by Crippen LogP contribution is -2.29. The van der Waals surface area contributed by atoms with Crippen molar-refractivity contribution in [2.45, 2.75) is 37.1 Å². The number of hydrogen-bond acceptors (Lipinski definition) is 3. The van der Waals surface area contributed by atoms with E-state index in [1.165, 1.54) is 5.56 Å². The predicted octanol–water partition coefficient (Wildman–Crippen LogP) is 2.02. The van der Waals surface area contributed by atoms with Crippen LogP contribution in [0.1, 0.15) is 24.1 Å². The third kappa shape index (κ3) is 3.42. The van der Waals surface area contributed by atoms with Gasteiger partial charge in [0.2, 0.25) is 10.0 Å². The molecule has 0 atom stereocenters. The van der Waals surface area contributed by atoms with Crippen molar-refractivity contribution < 1.29 is 17.2 Å². The monoisotopic (exact) mass is 341 g/mol. The van der Waals surface area contributed by atoms with E-state index >= 15 is 0 Å². The smallest absolute Gasteiger partial charge is 0.243 e. The largest absolute Gasteiger partial charge is 0.268 e. The lowest BCUT2D eigenvalue weighted by atomic mass is 9.98. The van der Waals surface area contributed by atoms with Gasteiger partial charge in [-0.25, -0.2) is 21.9 Å². The Morgan fingerprint density at radius 1 is 1.22 bits per heavy atom. The van der Waals surface area contributed by atoms with Crippen molar-refractivity contribution in [3.63, 3.8) is 0 Å². The fourth-order valence-electron chi connectivity index (χ4n) is 2.81. The molecule has 1 aliphatic rings. The molecule has 1 aromatic carbocycles. The Kier molecular flexibility index (Phi) is 4.45. The first-order chi connectivity index (χ1) is 11.0. The Morgan fingerprint density at radius 3 is 2.78 bits per heavy atom. The maximum atomic E-state index is 13.6. The van der Waals surface area contributed by atoms with Crippen LogP contribution in [0.5, 0.6) is 0 Å². The second-order valence-corrected chi connectivity index (χ2v) is 7.25. The highest BCUT2D eigenvalue weighted by Crippen LogP contribution is 2.20. The SMILES string of the molecule is O=S(=O)(NCCn1ncc2c1CCCC2)c1ccc(F)cc1F. The Hall–Kier alpha value is -1.80. The molecule has 0 aliphatic heterocycles. The maximum Gasteiger partial charge on any atom is 0.243 e. The van der Waals surface area contributed by atoms with Gasteiger partial charge in [0.15, 0.2) is 0 Å². The average Bonchev–Trinajstić information content (AvgIpc) is 2.90. The van der Waals surface area contributed by atoms with E-state index in [0.29, 0.717) is 12.6 Å². The van der Waals surface area contributed by atoms with Gasteiger partial charge in [-0.3, -0.25) is 4.68 Å². The summed E-state index contributed by atoms with van der Waals surface area (Å²) in [6.45, 7) is 0.463. The van der Waals surface area contributed by atoms with Crippen LogP contribution >= 0.6 is 0 Å². The molecule has 0 unspecified atom stereocenters. The summed E-state index contributed by atoms with van der Waals surface area (Å²) in [5, 5.41) is 4.28. The Labute approximate surface area is 133 Å². The molecule has 0 saturated heterocycles. The number of hydrogen-bond donors (Lipinski definition) is 1. The number of rotatable bonds is 5. The van der Waals surface area contributed by atoms with Crippen molar-refractivity contribution >= 4 is 10.0 Å². The van der Waals surface area contributed by atoms with Crippen LogP contribution in [0.3, 0.4) is 0 Å². The molecule has 0 radical (unpaired) electrons. The summed E-state index contributed by atoms with van der Waals surface area (Å²) >= 11 is 0. The van der Waals surface area contributed by atoms with Gasteiger partial charge < -0.3 is 0 Å². The lowest BCUT2D eigenvalue weighted by molar-refractivity contribution is 0.527. The van der Waals surface area contributed by atoms with Crippen LogP contribution in [-0.4, -0.2) is 24.7 Å². The van der Waals surface area contributed by atoms with Crippen LogP contribution in [-0.2, 0) is 29.4 Å². The maximum absolute atomic E-state index is 13.6. The highest BCUT2D eigenvalue weighted by molar-refractivity contribution is 7.89. The summed E-state index contributed by atoms with van der Waals surface area (Å²) in [6, 6.07) is 2.39. The molecule has 0 spiro atoms. The molecule has 0 amide bonds. The molecule has 0 fully saturated rings. The van der Waals surface area contributed by atoms with Crippen LogP contribution in [0.2, 0.25) is 0 Å². The van der Waals surface area contributed by atoms with Crippen molar-refractivity contribution in [2.24, 2.45) is 0 Å². The minimum absolute atomic E-state index is 0.0905. The summed E-state index contributed by atoms with van der Waals surface area (Å²) in [5.41, 5.74) is 2.35. The normalized spacial score (nSPS) is 14.7. The molecule has 0 bridgehead atoms. The van der Waals surface area contributed by atoms with E-state index in [1.807, 2.05) is 6.20 Å². The number of aryl methyl sites for hydroxylation is 1. The number of nitrogens with one attached hydrogen (secondary N) is 1. The average molecular weight is 341 g/mol. The van der Waals surface area contributed by atoms with E-state index < -0.39 is 26.6 Å². The number of halogens is 2. The Balaban J connectivity index is 1.67. The van der Waals surface area contributed by atoms with Gasteiger partial charge >= 0.3 is 0 Å². The first-order valence-corrected chi connectivity index (χ1v) is 8.94. The number of fused-ring (bicyclic) bond motifs is 1. The number of sulfonamides is 1. The van der Waals surface area contributed by atoms with E-state index in [1.54, 1.807) is 4.68 Å². The van der Waals surface area contributed by atoms with Gasteiger partial charge in [-0.15, -0.1) is 0 Å². The second-order valence-electron chi connectivity index (χ2n) is 5.52. The van der Waals surface area contributed by atoms with Gasteiger partial charge in [0.1, 0.15) is 16.5 Å². The Morgan fingerprint density at radius 2 is 2.00 bits per heavy atom. The first-order valence-electron chi connectivity index (χ1n) is 7.45. The molecule has 0 saturated carbocycles. The van der Waals surface area contributed by atoms with Gasteiger partial charge in [0.05, 0.1) is 12.7 Å². The summed E-state index contributed by atoms with van der Waals surface area (Å²) in [7, 11) is -4.01. The van der Waals surface area contributed by atoms with Crippen LogP contribution < -0.4 is 4.72 Å². The van der Waals surface area contributed by atoms with E-state index in [4.69, 9.17) is 0 Å². The topological polar surface area (TPSA) is 64.0 Å². The molecule has 2 aromatic rings. The summed E-state index contributed by atoms with van der Waals surface area (Å²) in [6.07, 6.45) is 6.01. The lowest BCUT2D eigenvalue weighted by Gasteiger charge is -2.14. The van der Waals surface area contributed by atoms with Crippen molar-refractivity contribution in [3.05, 3.63) is 47.3 Å². The first kappa shape index (κ1) is 16.1. The van der Waals surface area contributed by atoms with Crippen molar-refractivity contribution in [3.8, 4) is 0 Å². The van der Waals surface area contributed by atoms with E-state index in [2.05, 4.69) is 9.82 Å². The van der Waals surface area contributed by atoms with Gasteiger partial charge in [0.25, 0.3) is 0 Å².